The number of nitrogens with two attached hydrogens (primary N) is 1. The number of carbonyl (C=O) groups is 1. The number of fused-ring (bicyclic) bond motifs is 1. The van der Waals surface area contributed by atoms with Crippen LogP contribution in [0, 0.1) is 0 Å². The molecule has 21 heavy (non-hydrogen) atoms. The van der Waals surface area contributed by atoms with Gasteiger partial charge in [-0.15, -0.1) is 0 Å². The highest BCUT2D eigenvalue weighted by molar-refractivity contribution is 5.75. The van der Waals surface area contributed by atoms with E-state index in [2.05, 4.69) is 26.9 Å². The largest absolute Gasteiger partial charge is 0.371 e. The number of anilines is 1. The molecule has 1 aliphatic rings. The van der Waals surface area contributed by atoms with E-state index in [0.29, 0.717) is 13.2 Å². The van der Waals surface area contributed by atoms with Crippen LogP contribution in [0.5, 0.6) is 0 Å². The van der Waals surface area contributed by atoms with Gasteiger partial charge in [-0.1, -0.05) is 29.4 Å². The van der Waals surface area contributed by atoms with Crippen LogP contribution in [0.25, 0.3) is 0 Å². The SMILES string of the molecule is Nc1nnnn1CC(=O)NC[C@@H]1OCCc2ccccc21. The third kappa shape index (κ3) is 3.00. The maximum Gasteiger partial charge on any atom is 0.242 e. The molecule has 3 rings (SSSR count). The van der Waals surface area contributed by atoms with Gasteiger partial charge in [-0.25, -0.2) is 4.68 Å². The van der Waals surface area contributed by atoms with Gasteiger partial charge in [0, 0.05) is 6.54 Å². The van der Waals surface area contributed by atoms with Gasteiger partial charge in [-0.2, -0.15) is 0 Å². The summed E-state index contributed by atoms with van der Waals surface area (Å²) in [7, 11) is 0. The maximum atomic E-state index is 11.9. The van der Waals surface area contributed by atoms with Gasteiger partial charge in [-0.05, 0) is 28.0 Å². The summed E-state index contributed by atoms with van der Waals surface area (Å²) >= 11 is 0. The number of rotatable bonds is 4. The predicted octanol–water partition coefficient (Wildman–Crippen LogP) is -0.314. The number of nitrogen functional groups attached to an aromatic ring is 1. The molecule has 1 atom stereocenters. The minimum Gasteiger partial charge on any atom is -0.371 e. The summed E-state index contributed by atoms with van der Waals surface area (Å²) in [5, 5.41) is 13.4. The van der Waals surface area contributed by atoms with E-state index in [0.717, 1.165) is 12.0 Å². The van der Waals surface area contributed by atoms with Gasteiger partial charge >= 0.3 is 0 Å². The van der Waals surface area contributed by atoms with Crippen molar-refractivity contribution in [1.82, 2.24) is 25.5 Å². The zero-order valence-corrected chi connectivity index (χ0v) is 11.4. The van der Waals surface area contributed by atoms with Gasteiger partial charge in [0.05, 0.1) is 6.61 Å². The van der Waals surface area contributed by atoms with Crippen LogP contribution in [0.2, 0.25) is 0 Å². The lowest BCUT2D eigenvalue weighted by molar-refractivity contribution is -0.122. The lowest BCUT2D eigenvalue weighted by Crippen LogP contribution is -2.34. The molecule has 0 radical (unpaired) electrons. The lowest BCUT2D eigenvalue weighted by Gasteiger charge is -2.26. The van der Waals surface area contributed by atoms with Crippen LogP contribution in [0.1, 0.15) is 17.2 Å². The lowest BCUT2D eigenvalue weighted by atomic mass is 9.97. The standard InChI is InChI=1S/C13H16N6O2/c14-13-16-17-18-19(13)8-12(20)15-7-11-10-4-2-1-3-9(10)5-6-21-11/h1-4,11H,5-8H2,(H,15,20)(H2,14,16,18)/t11-/m0/s1. The van der Waals surface area contributed by atoms with Crippen molar-refractivity contribution in [2.24, 2.45) is 0 Å². The Morgan fingerprint density at radius 3 is 3.14 bits per heavy atom. The number of amides is 1. The fourth-order valence-electron chi connectivity index (χ4n) is 2.37. The Hall–Kier alpha value is -2.48. The molecule has 2 aromatic rings. The van der Waals surface area contributed by atoms with Crippen molar-refractivity contribution in [2.75, 3.05) is 18.9 Å². The Balaban J connectivity index is 1.59. The Bertz CT molecular complexity index is 641. The molecule has 2 heterocycles. The zero-order valence-electron chi connectivity index (χ0n) is 11.4. The van der Waals surface area contributed by atoms with Gasteiger partial charge in [-0.3, -0.25) is 4.79 Å². The van der Waals surface area contributed by atoms with Gasteiger partial charge in [0.2, 0.25) is 11.9 Å². The monoisotopic (exact) mass is 288 g/mol. The summed E-state index contributed by atoms with van der Waals surface area (Å²) in [5.41, 5.74) is 7.91. The first-order valence-electron chi connectivity index (χ1n) is 6.72. The number of benzene rings is 1. The molecule has 0 saturated carbocycles. The summed E-state index contributed by atoms with van der Waals surface area (Å²) < 4.78 is 6.97. The minimum atomic E-state index is -0.208. The number of aromatic nitrogens is 4. The summed E-state index contributed by atoms with van der Waals surface area (Å²) in [6, 6.07) is 8.11. The normalized spacial score (nSPS) is 17.2. The summed E-state index contributed by atoms with van der Waals surface area (Å²) in [6.07, 6.45) is 0.784. The van der Waals surface area contributed by atoms with Crippen LogP contribution in [0.15, 0.2) is 24.3 Å². The Kier molecular flexibility index (Phi) is 3.78. The number of tetrazole rings is 1. The van der Waals surface area contributed by atoms with E-state index in [1.54, 1.807) is 0 Å². The van der Waals surface area contributed by atoms with Crippen LogP contribution in [-0.2, 0) is 22.5 Å². The molecule has 0 saturated heterocycles. The van der Waals surface area contributed by atoms with E-state index < -0.39 is 0 Å². The molecular formula is C13H16N6O2. The van der Waals surface area contributed by atoms with Crippen molar-refractivity contribution in [3.63, 3.8) is 0 Å². The van der Waals surface area contributed by atoms with Crippen molar-refractivity contribution < 1.29 is 9.53 Å². The minimum absolute atomic E-state index is 0.00675. The van der Waals surface area contributed by atoms with Crippen LogP contribution < -0.4 is 11.1 Å². The topological polar surface area (TPSA) is 108 Å². The van der Waals surface area contributed by atoms with Crippen LogP contribution in [0.4, 0.5) is 5.95 Å². The van der Waals surface area contributed by atoms with Crippen molar-refractivity contribution in [3.05, 3.63) is 35.4 Å². The van der Waals surface area contributed by atoms with Gasteiger partial charge in [0.1, 0.15) is 12.6 Å². The fraction of sp³-hybridized carbons (Fsp3) is 0.385. The number of hydrogen-bond acceptors (Lipinski definition) is 6. The molecule has 8 nitrogen and oxygen atoms in total. The second-order valence-electron chi connectivity index (χ2n) is 4.81. The Labute approximate surface area is 121 Å². The third-order valence-corrected chi connectivity index (χ3v) is 3.43. The summed E-state index contributed by atoms with van der Waals surface area (Å²) in [5.74, 6) is -0.0925. The van der Waals surface area contributed by atoms with Gasteiger partial charge < -0.3 is 15.8 Å². The molecule has 110 valence electrons. The molecule has 0 fully saturated rings. The molecule has 1 amide bonds. The van der Waals surface area contributed by atoms with E-state index in [-0.39, 0.29) is 24.5 Å². The Morgan fingerprint density at radius 2 is 2.33 bits per heavy atom. The van der Waals surface area contributed by atoms with Crippen molar-refractivity contribution in [1.29, 1.82) is 0 Å². The average Bonchev–Trinajstić information content (AvgIpc) is 2.90. The first kappa shape index (κ1) is 13.5. The first-order chi connectivity index (χ1) is 10.2. The number of carbonyl (C=O) groups excluding carboxylic acids is 1. The van der Waals surface area contributed by atoms with Crippen molar-refractivity contribution in [2.45, 2.75) is 19.1 Å². The third-order valence-electron chi connectivity index (χ3n) is 3.43. The summed E-state index contributed by atoms with van der Waals surface area (Å²) in [6.45, 7) is 1.07. The molecule has 0 aliphatic carbocycles. The molecule has 1 aromatic carbocycles. The zero-order chi connectivity index (χ0) is 14.7. The summed E-state index contributed by atoms with van der Waals surface area (Å²) in [4.78, 5) is 11.9. The highest BCUT2D eigenvalue weighted by Crippen LogP contribution is 2.26. The fourth-order valence-corrected chi connectivity index (χ4v) is 2.37. The molecule has 1 aliphatic heterocycles. The Morgan fingerprint density at radius 1 is 1.48 bits per heavy atom. The number of nitrogens with zero attached hydrogens (tertiary/aromatic N) is 4. The van der Waals surface area contributed by atoms with Crippen LogP contribution in [-0.4, -0.2) is 39.3 Å². The van der Waals surface area contributed by atoms with E-state index in [1.807, 2.05) is 18.2 Å². The second kappa shape index (κ2) is 5.88. The number of nitrogens with one attached hydrogen (secondary N) is 1. The number of hydrogen-bond donors (Lipinski definition) is 2. The molecular weight excluding hydrogens is 272 g/mol. The molecule has 3 N–H and O–H groups in total. The average molecular weight is 288 g/mol. The molecule has 0 bridgehead atoms. The van der Waals surface area contributed by atoms with Crippen molar-refractivity contribution >= 4 is 11.9 Å². The van der Waals surface area contributed by atoms with E-state index >= 15 is 0 Å². The predicted molar refractivity (Wildman–Crippen MR) is 74.1 cm³/mol. The van der Waals surface area contributed by atoms with Crippen LogP contribution >= 0.6 is 0 Å². The van der Waals surface area contributed by atoms with E-state index in [4.69, 9.17) is 10.5 Å². The van der Waals surface area contributed by atoms with Gasteiger partial charge in [0.15, 0.2) is 0 Å². The van der Waals surface area contributed by atoms with Gasteiger partial charge in [0.25, 0.3) is 0 Å². The maximum absolute atomic E-state index is 11.9. The van der Waals surface area contributed by atoms with Crippen LogP contribution in [0.3, 0.4) is 0 Å². The highest BCUT2D eigenvalue weighted by Gasteiger charge is 2.21. The van der Waals surface area contributed by atoms with E-state index in [9.17, 15) is 4.79 Å². The quantitative estimate of drug-likeness (QED) is 0.798. The smallest absolute Gasteiger partial charge is 0.242 e. The molecule has 1 aromatic heterocycles. The number of ether oxygens (including phenoxy) is 1. The second-order valence-corrected chi connectivity index (χ2v) is 4.81. The molecule has 0 unspecified atom stereocenters. The first-order valence-corrected chi connectivity index (χ1v) is 6.72. The highest BCUT2D eigenvalue weighted by atomic mass is 16.5. The molecule has 0 spiro atoms. The molecule has 8 heteroatoms. The van der Waals surface area contributed by atoms with Crippen molar-refractivity contribution in [3.8, 4) is 0 Å². The van der Waals surface area contributed by atoms with E-state index in [1.165, 1.54) is 10.2 Å².